The van der Waals surface area contributed by atoms with Gasteiger partial charge in [0.25, 0.3) is 5.91 Å². The van der Waals surface area contributed by atoms with Crippen LogP contribution in [0, 0.1) is 6.92 Å². The largest absolute Gasteiger partial charge is 0.350 e. The number of aromatic amines is 1. The zero-order chi connectivity index (χ0) is 20.2. The van der Waals surface area contributed by atoms with Gasteiger partial charge in [-0.1, -0.05) is 61.7 Å². The molecule has 4 aromatic rings. The van der Waals surface area contributed by atoms with Crippen molar-refractivity contribution < 1.29 is 4.79 Å². The molecule has 0 aliphatic rings. The van der Waals surface area contributed by atoms with Crippen LogP contribution in [0.4, 0.5) is 11.4 Å². The second-order valence-electron chi connectivity index (χ2n) is 7.17. The van der Waals surface area contributed by atoms with Gasteiger partial charge in [0, 0.05) is 33.4 Å². The number of aromatic nitrogens is 1. The van der Waals surface area contributed by atoms with E-state index in [9.17, 15) is 4.79 Å². The SMILES string of the molecule is CCCCSNc1ccc2[nH]c(C(=O)Nc3cccc4ccccc34)c(C)c2c1. The molecule has 0 aliphatic carbocycles. The Morgan fingerprint density at radius 1 is 1.03 bits per heavy atom. The fourth-order valence-corrected chi connectivity index (χ4v) is 4.32. The minimum absolute atomic E-state index is 0.123. The molecule has 1 heterocycles. The summed E-state index contributed by atoms with van der Waals surface area (Å²) in [5.74, 6) is 0.959. The summed E-state index contributed by atoms with van der Waals surface area (Å²) < 4.78 is 3.40. The quantitative estimate of drug-likeness (QED) is 0.236. The standard InChI is InChI=1S/C24H25N3OS/c1-3-4-14-29-27-18-12-13-22-20(15-18)16(2)23(25-22)24(28)26-21-11-7-9-17-8-5-6-10-19(17)21/h5-13,15,25,27H,3-4,14H2,1-2H3,(H,26,28). The molecule has 0 aliphatic heterocycles. The molecule has 3 N–H and O–H groups in total. The summed E-state index contributed by atoms with van der Waals surface area (Å²) in [6.45, 7) is 4.19. The molecule has 4 nitrogen and oxygen atoms in total. The van der Waals surface area contributed by atoms with E-state index >= 15 is 0 Å². The predicted octanol–water partition coefficient (Wildman–Crippen LogP) is 6.74. The Morgan fingerprint density at radius 3 is 2.72 bits per heavy atom. The highest BCUT2D eigenvalue weighted by Gasteiger charge is 2.16. The molecular weight excluding hydrogens is 378 g/mol. The van der Waals surface area contributed by atoms with Gasteiger partial charge in [-0.25, -0.2) is 0 Å². The maximum atomic E-state index is 13.0. The van der Waals surface area contributed by atoms with Crippen molar-refractivity contribution in [1.82, 2.24) is 4.98 Å². The van der Waals surface area contributed by atoms with Crippen LogP contribution in [-0.2, 0) is 0 Å². The zero-order valence-corrected chi connectivity index (χ0v) is 17.5. The lowest BCUT2D eigenvalue weighted by molar-refractivity contribution is 0.102. The molecule has 0 saturated carbocycles. The smallest absolute Gasteiger partial charge is 0.272 e. The molecule has 0 spiro atoms. The molecule has 3 aromatic carbocycles. The van der Waals surface area contributed by atoms with Crippen molar-refractivity contribution in [2.24, 2.45) is 0 Å². The molecule has 148 valence electrons. The number of carbonyl (C=O) groups is 1. The van der Waals surface area contributed by atoms with Gasteiger partial charge in [-0.15, -0.1) is 0 Å². The molecule has 1 aromatic heterocycles. The van der Waals surface area contributed by atoms with Crippen molar-refractivity contribution in [3.05, 3.63) is 71.9 Å². The highest BCUT2D eigenvalue weighted by Crippen LogP contribution is 2.28. The molecule has 0 unspecified atom stereocenters. The van der Waals surface area contributed by atoms with Gasteiger partial charge in [-0.05, 0) is 48.6 Å². The highest BCUT2D eigenvalue weighted by molar-refractivity contribution is 8.00. The van der Waals surface area contributed by atoms with Crippen LogP contribution in [0.3, 0.4) is 0 Å². The van der Waals surface area contributed by atoms with Crippen LogP contribution in [0.2, 0.25) is 0 Å². The number of amides is 1. The topological polar surface area (TPSA) is 56.9 Å². The number of hydrogen-bond donors (Lipinski definition) is 3. The first-order valence-corrected chi connectivity index (χ1v) is 10.9. The Labute approximate surface area is 175 Å². The zero-order valence-electron chi connectivity index (χ0n) is 16.7. The summed E-state index contributed by atoms with van der Waals surface area (Å²) in [6.07, 6.45) is 2.39. The minimum atomic E-state index is -0.123. The monoisotopic (exact) mass is 403 g/mol. The Balaban J connectivity index is 1.58. The predicted molar refractivity (Wildman–Crippen MR) is 126 cm³/mol. The third-order valence-corrected chi connectivity index (χ3v) is 5.99. The van der Waals surface area contributed by atoms with Gasteiger partial charge in [-0.2, -0.15) is 0 Å². The molecule has 5 heteroatoms. The fourth-order valence-electron chi connectivity index (χ4n) is 3.49. The van der Waals surface area contributed by atoms with E-state index in [1.165, 1.54) is 12.8 Å². The van der Waals surface area contributed by atoms with Crippen LogP contribution in [0.1, 0.15) is 35.8 Å². The van der Waals surface area contributed by atoms with Gasteiger partial charge < -0.3 is 15.0 Å². The number of nitrogens with one attached hydrogen (secondary N) is 3. The fraction of sp³-hybridized carbons (Fsp3) is 0.208. The van der Waals surface area contributed by atoms with Crippen LogP contribution >= 0.6 is 11.9 Å². The summed E-state index contributed by atoms with van der Waals surface area (Å²) in [7, 11) is 0. The van der Waals surface area contributed by atoms with E-state index in [2.05, 4.69) is 28.0 Å². The number of hydrogen-bond acceptors (Lipinski definition) is 3. The van der Waals surface area contributed by atoms with E-state index in [1.54, 1.807) is 11.9 Å². The van der Waals surface area contributed by atoms with Gasteiger partial charge in [0.2, 0.25) is 0 Å². The number of anilines is 2. The van der Waals surface area contributed by atoms with E-state index in [1.807, 2.05) is 61.5 Å². The van der Waals surface area contributed by atoms with E-state index in [0.29, 0.717) is 5.69 Å². The lowest BCUT2D eigenvalue weighted by Crippen LogP contribution is -2.13. The van der Waals surface area contributed by atoms with Crippen molar-refractivity contribution in [2.45, 2.75) is 26.7 Å². The summed E-state index contributed by atoms with van der Waals surface area (Å²) in [6, 6.07) is 20.2. The van der Waals surface area contributed by atoms with E-state index in [-0.39, 0.29) is 5.91 Å². The van der Waals surface area contributed by atoms with Crippen LogP contribution in [0.5, 0.6) is 0 Å². The Morgan fingerprint density at radius 2 is 1.86 bits per heavy atom. The first-order valence-electron chi connectivity index (χ1n) is 9.96. The number of H-pyrrole nitrogens is 1. The summed E-state index contributed by atoms with van der Waals surface area (Å²) >= 11 is 1.72. The molecule has 0 radical (unpaired) electrons. The molecule has 0 fully saturated rings. The summed E-state index contributed by atoms with van der Waals surface area (Å²) in [5.41, 5.74) is 4.40. The van der Waals surface area contributed by atoms with Crippen molar-refractivity contribution in [3.8, 4) is 0 Å². The van der Waals surface area contributed by atoms with Crippen LogP contribution in [-0.4, -0.2) is 16.6 Å². The average molecular weight is 404 g/mol. The highest BCUT2D eigenvalue weighted by atomic mass is 32.2. The molecule has 4 rings (SSSR count). The van der Waals surface area contributed by atoms with Gasteiger partial charge in [0.1, 0.15) is 5.69 Å². The maximum Gasteiger partial charge on any atom is 0.272 e. The number of aryl methyl sites for hydroxylation is 1. The third-order valence-electron chi connectivity index (χ3n) is 5.11. The van der Waals surface area contributed by atoms with E-state index < -0.39 is 0 Å². The third kappa shape index (κ3) is 4.10. The number of benzene rings is 3. The Kier molecular flexibility index (Phi) is 5.76. The number of carbonyl (C=O) groups excluding carboxylic acids is 1. The van der Waals surface area contributed by atoms with Crippen LogP contribution in [0.25, 0.3) is 21.7 Å². The molecule has 1 amide bonds. The van der Waals surface area contributed by atoms with E-state index in [4.69, 9.17) is 0 Å². The summed E-state index contributed by atoms with van der Waals surface area (Å²) in [5, 5.41) is 6.28. The van der Waals surface area contributed by atoms with Crippen LogP contribution in [0.15, 0.2) is 60.7 Å². The second-order valence-corrected chi connectivity index (χ2v) is 8.07. The van der Waals surface area contributed by atoms with Gasteiger partial charge in [-0.3, -0.25) is 4.79 Å². The number of fused-ring (bicyclic) bond motifs is 2. The molecule has 0 bridgehead atoms. The van der Waals surface area contributed by atoms with Gasteiger partial charge in [0.15, 0.2) is 0 Å². The molecular formula is C24H25N3OS. The second kappa shape index (κ2) is 8.62. The van der Waals surface area contributed by atoms with Crippen molar-refractivity contribution in [1.29, 1.82) is 0 Å². The number of rotatable bonds is 7. The maximum absolute atomic E-state index is 13.0. The lowest BCUT2D eigenvalue weighted by atomic mass is 10.1. The lowest BCUT2D eigenvalue weighted by Gasteiger charge is -2.08. The van der Waals surface area contributed by atoms with Gasteiger partial charge >= 0.3 is 0 Å². The van der Waals surface area contributed by atoms with Gasteiger partial charge in [0.05, 0.1) is 0 Å². The first-order chi connectivity index (χ1) is 14.2. The Hall–Kier alpha value is -2.92. The molecule has 29 heavy (non-hydrogen) atoms. The normalized spacial score (nSPS) is 11.1. The average Bonchev–Trinajstić information content (AvgIpc) is 3.08. The Bertz CT molecular complexity index is 1160. The molecule has 0 atom stereocenters. The van der Waals surface area contributed by atoms with Crippen molar-refractivity contribution in [3.63, 3.8) is 0 Å². The van der Waals surface area contributed by atoms with Crippen molar-refractivity contribution >= 4 is 50.9 Å². The van der Waals surface area contributed by atoms with E-state index in [0.717, 1.165) is 44.4 Å². The van der Waals surface area contributed by atoms with Crippen molar-refractivity contribution in [2.75, 3.05) is 15.8 Å². The minimum Gasteiger partial charge on any atom is -0.350 e. The molecule has 0 saturated heterocycles. The summed E-state index contributed by atoms with van der Waals surface area (Å²) in [4.78, 5) is 16.3. The first kappa shape index (κ1) is 19.4. The van der Waals surface area contributed by atoms with Crippen LogP contribution < -0.4 is 10.0 Å². The number of unbranched alkanes of at least 4 members (excludes halogenated alkanes) is 1.